The lowest BCUT2D eigenvalue weighted by molar-refractivity contribution is 0.252. The molecule has 2 heteroatoms. The van der Waals surface area contributed by atoms with E-state index in [0.717, 1.165) is 18.4 Å². The second-order valence-electron chi connectivity index (χ2n) is 3.52. The summed E-state index contributed by atoms with van der Waals surface area (Å²) < 4.78 is 1.19. The second-order valence-corrected chi connectivity index (χ2v) is 4.48. The van der Waals surface area contributed by atoms with Crippen LogP contribution in [0.2, 0.25) is 0 Å². The van der Waals surface area contributed by atoms with Gasteiger partial charge in [-0.15, -0.1) is 6.58 Å². The minimum Gasteiger partial charge on any atom is -0.385 e. The number of hydrogen-bond acceptors (Lipinski definition) is 1. The molecule has 1 unspecified atom stereocenters. The highest BCUT2D eigenvalue weighted by atomic mass is 79.9. The fourth-order valence-corrected chi connectivity index (χ4v) is 2.41. The van der Waals surface area contributed by atoms with Gasteiger partial charge >= 0.3 is 0 Å². The van der Waals surface area contributed by atoms with E-state index in [1.54, 1.807) is 6.08 Å². The molecule has 0 aromatic heterocycles. The molecule has 1 aliphatic carbocycles. The number of aliphatic hydroxyl groups is 1. The molecule has 13 heavy (non-hydrogen) atoms. The maximum Gasteiger partial charge on any atom is 0.0939 e. The molecule has 1 aliphatic rings. The van der Waals surface area contributed by atoms with Crippen LogP contribution in [0.3, 0.4) is 0 Å². The second kappa shape index (κ2) is 5.61. The van der Waals surface area contributed by atoms with Gasteiger partial charge in [0.1, 0.15) is 0 Å². The van der Waals surface area contributed by atoms with Crippen molar-refractivity contribution in [2.75, 3.05) is 0 Å². The molecule has 1 nitrogen and oxygen atoms in total. The third-order valence-electron chi connectivity index (χ3n) is 2.52. The average molecular weight is 245 g/mol. The van der Waals surface area contributed by atoms with Crippen molar-refractivity contribution >= 4 is 15.9 Å². The molecule has 0 spiro atoms. The number of halogens is 1. The van der Waals surface area contributed by atoms with E-state index in [9.17, 15) is 5.11 Å². The van der Waals surface area contributed by atoms with Crippen molar-refractivity contribution in [1.29, 1.82) is 0 Å². The highest BCUT2D eigenvalue weighted by molar-refractivity contribution is 9.11. The first-order valence-corrected chi connectivity index (χ1v) is 5.73. The van der Waals surface area contributed by atoms with E-state index < -0.39 is 6.10 Å². The van der Waals surface area contributed by atoms with E-state index in [1.165, 1.54) is 30.2 Å². The van der Waals surface area contributed by atoms with Gasteiger partial charge in [-0.25, -0.2) is 0 Å². The summed E-state index contributed by atoms with van der Waals surface area (Å²) in [5.41, 5.74) is 1.13. The van der Waals surface area contributed by atoms with Crippen molar-refractivity contribution in [3.05, 3.63) is 22.7 Å². The first kappa shape index (κ1) is 11.0. The Labute approximate surface area is 88.7 Å². The third-order valence-corrected chi connectivity index (χ3v) is 3.43. The minimum absolute atomic E-state index is 0.451. The average Bonchev–Trinajstić information content (AvgIpc) is 2.11. The molecule has 0 aromatic carbocycles. The molecule has 1 atom stereocenters. The number of rotatable bonds is 2. The molecule has 0 aliphatic heterocycles. The van der Waals surface area contributed by atoms with Gasteiger partial charge < -0.3 is 5.11 Å². The van der Waals surface area contributed by atoms with Crippen LogP contribution in [0.1, 0.15) is 38.5 Å². The van der Waals surface area contributed by atoms with Crippen molar-refractivity contribution in [2.45, 2.75) is 44.6 Å². The van der Waals surface area contributed by atoms with E-state index >= 15 is 0 Å². The van der Waals surface area contributed by atoms with Crippen molar-refractivity contribution in [3.8, 4) is 0 Å². The Bertz CT molecular complexity index is 208. The van der Waals surface area contributed by atoms with Crippen LogP contribution in [0.15, 0.2) is 22.7 Å². The zero-order valence-corrected chi connectivity index (χ0v) is 9.52. The van der Waals surface area contributed by atoms with E-state index in [-0.39, 0.29) is 0 Å². The van der Waals surface area contributed by atoms with Crippen molar-refractivity contribution < 1.29 is 5.11 Å². The molecule has 0 amide bonds. The highest BCUT2D eigenvalue weighted by Crippen LogP contribution is 2.29. The van der Waals surface area contributed by atoms with Crippen LogP contribution in [0, 0.1) is 0 Å². The van der Waals surface area contributed by atoms with Crippen molar-refractivity contribution in [3.63, 3.8) is 0 Å². The van der Waals surface area contributed by atoms with Gasteiger partial charge in [0.2, 0.25) is 0 Å². The Morgan fingerprint density at radius 2 is 1.85 bits per heavy atom. The Morgan fingerprint density at radius 3 is 2.46 bits per heavy atom. The molecule has 0 saturated heterocycles. The Hall–Kier alpha value is -0.0800. The standard InChI is InChI=1S/C11H17BrO/c1-2-11(13)9-7-5-3-4-6-8-10(9)12/h2,11,13H,1,3-8H2/b10-9-. The summed E-state index contributed by atoms with van der Waals surface area (Å²) in [7, 11) is 0. The maximum absolute atomic E-state index is 9.66. The lowest BCUT2D eigenvalue weighted by Crippen LogP contribution is -2.09. The molecule has 1 rings (SSSR count). The number of hydrogen-bond donors (Lipinski definition) is 1. The lowest BCUT2D eigenvalue weighted by atomic mass is 9.96. The normalized spacial score (nSPS) is 27.5. The lowest BCUT2D eigenvalue weighted by Gasteiger charge is -2.17. The summed E-state index contributed by atoms with van der Waals surface area (Å²) in [5, 5.41) is 9.66. The van der Waals surface area contributed by atoms with Gasteiger partial charge in [0.15, 0.2) is 0 Å². The highest BCUT2D eigenvalue weighted by Gasteiger charge is 2.13. The number of aliphatic hydroxyl groups excluding tert-OH is 1. The first-order valence-electron chi connectivity index (χ1n) is 4.93. The fraction of sp³-hybridized carbons (Fsp3) is 0.636. The molecular weight excluding hydrogens is 228 g/mol. The SMILES string of the molecule is C=CC(O)/C1=C(\Br)CCCCCC1. The molecule has 0 bridgehead atoms. The molecule has 0 fully saturated rings. The molecule has 0 saturated carbocycles. The van der Waals surface area contributed by atoms with E-state index in [0.29, 0.717) is 0 Å². The summed E-state index contributed by atoms with van der Waals surface area (Å²) in [6.07, 6.45) is 8.25. The topological polar surface area (TPSA) is 20.2 Å². The zero-order chi connectivity index (χ0) is 9.68. The molecule has 0 heterocycles. The predicted molar refractivity (Wildman–Crippen MR) is 59.9 cm³/mol. The molecule has 0 radical (unpaired) electrons. The van der Waals surface area contributed by atoms with Crippen LogP contribution < -0.4 is 0 Å². The van der Waals surface area contributed by atoms with Crippen LogP contribution in [0.5, 0.6) is 0 Å². The molecular formula is C11H17BrO. The summed E-state index contributed by atoms with van der Waals surface area (Å²) in [4.78, 5) is 0. The van der Waals surface area contributed by atoms with E-state index in [4.69, 9.17) is 0 Å². The Balaban J connectivity index is 2.72. The summed E-state index contributed by atoms with van der Waals surface area (Å²) in [6, 6.07) is 0. The summed E-state index contributed by atoms with van der Waals surface area (Å²) in [6.45, 7) is 3.62. The first-order chi connectivity index (χ1) is 6.25. The van der Waals surface area contributed by atoms with Crippen LogP contribution >= 0.6 is 15.9 Å². The molecule has 1 N–H and O–H groups in total. The van der Waals surface area contributed by atoms with Crippen LogP contribution in [0.4, 0.5) is 0 Å². The van der Waals surface area contributed by atoms with Crippen LogP contribution in [0.25, 0.3) is 0 Å². The maximum atomic E-state index is 9.66. The summed E-state index contributed by atoms with van der Waals surface area (Å²) >= 11 is 3.55. The predicted octanol–water partition coefficient (Wildman–Crippen LogP) is 3.54. The van der Waals surface area contributed by atoms with Gasteiger partial charge in [-0.2, -0.15) is 0 Å². The monoisotopic (exact) mass is 244 g/mol. The van der Waals surface area contributed by atoms with Crippen molar-refractivity contribution in [1.82, 2.24) is 0 Å². The van der Waals surface area contributed by atoms with Crippen molar-refractivity contribution in [2.24, 2.45) is 0 Å². The van der Waals surface area contributed by atoms with E-state index in [2.05, 4.69) is 22.5 Å². The van der Waals surface area contributed by atoms with Gasteiger partial charge in [-0.05, 0) is 35.7 Å². The van der Waals surface area contributed by atoms with Crippen LogP contribution in [-0.4, -0.2) is 11.2 Å². The smallest absolute Gasteiger partial charge is 0.0939 e. The summed E-state index contributed by atoms with van der Waals surface area (Å²) in [5.74, 6) is 0. The minimum atomic E-state index is -0.451. The van der Waals surface area contributed by atoms with Gasteiger partial charge in [0, 0.05) is 0 Å². The third kappa shape index (κ3) is 3.28. The number of allylic oxidation sites excluding steroid dienone is 1. The Kier molecular flexibility index (Phi) is 4.74. The van der Waals surface area contributed by atoms with E-state index in [1.807, 2.05) is 0 Å². The fourth-order valence-electron chi connectivity index (χ4n) is 1.70. The van der Waals surface area contributed by atoms with Gasteiger partial charge in [0.25, 0.3) is 0 Å². The molecule has 0 aromatic rings. The molecule has 74 valence electrons. The Morgan fingerprint density at radius 1 is 1.23 bits per heavy atom. The van der Waals surface area contributed by atoms with Gasteiger partial charge in [-0.1, -0.05) is 34.8 Å². The zero-order valence-electron chi connectivity index (χ0n) is 7.93. The van der Waals surface area contributed by atoms with Gasteiger partial charge in [-0.3, -0.25) is 0 Å². The largest absolute Gasteiger partial charge is 0.385 e. The van der Waals surface area contributed by atoms with Gasteiger partial charge in [0.05, 0.1) is 6.10 Å². The van der Waals surface area contributed by atoms with Crippen LogP contribution in [-0.2, 0) is 0 Å². The quantitative estimate of drug-likeness (QED) is 0.738.